The molecule has 1 saturated heterocycles. The number of hydrogen-bond donors (Lipinski definition) is 1. The van der Waals surface area contributed by atoms with Crippen molar-refractivity contribution in [1.29, 1.82) is 0 Å². The third-order valence-electron chi connectivity index (χ3n) is 4.58. The van der Waals surface area contributed by atoms with Crippen LogP contribution in [0.15, 0.2) is 24.3 Å². The minimum absolute atomic E-state index is 0.411. The molecule has 2 aliphatic rings. The minimum atomic E-state index is 0.411. The van der Waals surface area contributed by atoms with Crippen molar-refractivity contribution >= 4 is 5.78 Å². The van der Waals surface area contributed by atoms with Crippen molar-refractivity contribution in [2.75, 3.05) is 32.7 Å². The van der Waals surface area contributed by atoms with Gasteiger partial charge in [-0.2, -0.15) is 0 Å². The largest absolute Gasteiger partial charge is 0.314 e. The van der Waals surface area contributed by atoms with Gasteiger partial charge in [0.1, 0.15) is 5.78 Å². The second kappa shape index (κ2) is 6.51. The average molecular weight is 272 g/mol. The molecule has 1 heterocycles. The van der Waals surface area contributed by atoms with Crippen LogP contribution in [0.2, 0.25) is 0 Å². The monoisotopic (exact) mass is 272 g/mol. The molecule has 108 valence electrons. The molecule has 3 heteroatoms. The fourth-order valence-electron chi connectivity index (χ4n) is 3.52. The van der Waals surface area contributed by atoms with Crippen LogP contribution in [-0.2, 0) is 11.2 Å². The zero-order valence-corrected chi connectivity index (χ0v) is 12.1. The van der Waals surface area contributed by atoms with Crippen LogP contribution >= 0.6 is 0 Å². The van der Waals surface area contributed by atoms with E-state index in [0.29, 0.717) is 18.2 Å². The van der Waals surface area contributed by atoms with Crippen molar-refractivity contribution in [2.24, 2.45) is 0 Å². The number of carbonyl (C=O) groups excluding carboxylic acids is 1. The maximum atomic E-state index is 12.3. The first-order chi connectivity index (χ1) is 9.83. The number of fused-ring (bicyclic) bond motifs is 1. The number of Topliss-reactive ketones (excluding diaryl/α,β-unsaturated/α-hetero) is 1. The lowest BCUT2D eigenvalue weighted by Crippen LogP contribution is -2.45. The van der Waals surface area contributed by atoms with Crippen molar-refractivity contribution in [1.82, 2.24) is 10.2 Å². The Morgan fingerprint density at radius 1 is 1.25 bits per heavy atom. The molecule has 0 saturated carbocycles. The molecule has 1 aliphatic carbocycles. The fourth-order valence-corrected chi connectivity index (χ4v) is 3.52. The Balaban J connectivity index is 1.59. The van der Waals surface area contributed by atoms with Crippen LogP contribution in [-0.4, -0.2) is 43.4 Å². The normalized spacial score (nSPS) is 23.3. The van der Waals surface area contributed by atoms with E-state index in [-0.39, 0.29) is 0 Å². The van der Waals surface area contributed by atoms with Gasteiger partial charge in [-0.25, -0.2) is 0 Å². The summed E-state index contributed by atoms with van der Waals surface area (Å²) in [6.07, 6.45) is 4.30. The molecule has 0 bridgehead atoms. The Morgan fingerprint density at radius 3 is 2.90 bits per heavy atom. The number of nitrogens with zero attached hydrogens (tertiary/aromatic N) is 1. The molecule has 1 aliphatic heterocycles. The lowest BCUT2D eigenvalue weighted by molar-refractivity contribution is -0.120. The predicted octanol–water partition coefficient (Wildman–Crippen LogP) is 1.97. The van der Waals surface area contributed by atoms with E-state index in [1.165, 1.54) is 30.4 Å². The fraction of sp³-hybridized carbons (Fsp3) is 0.588. The highest BCUT2D eigenvalue weighted by Gasteiger charge is 2.23. The maximum Gasteiger partial charge on any atom is 0.147 e. The van der Waals surface area contributed by atoms with Gasteiger partial charge in [-0.05, 0) is 36.3 Å². The smallest absolute Gasteiger partial charge is 0.147 e. The van der Waals surface area contributed by atoms with E-state index in [1.807, 2.05) is 0 Å². The Labute approximate surface area is 121 Å². The molecule has 1 N–H and O–H groups in total. The first-order valence-electron chi connectivity index (χ1n) is 7.85. The van der Waals surface area contributed by atoms with Gasteiger partial charge < -0.3 is 5.32 Å². The lowest BCUT2D eigenvalue weighted by atomic mass is 9.80. The minimum Gasteiger partial charge on any atom is -0.314 e. The van der Waals surface area contributed by atoms with Crippen molar-refractivity contribution in [3.8, 4) is 0 Å². The third-order valence-corrected chi connectivity index (χ3v) is 4.58. The molecule has 3 rings (SSSR count). The van der Waals surface area contributed by atoms with Crippen LogP contribution in [0.3, 0.4) is 0 Å². The summed E-state index contributed by atoms with van der Waals surface area (Å²) in [7, 11) is 0. The van der Waals surface area contributed by atoms with E-state index in [4.69, 9.17) is 0 Å². The molecule has 1 fully saturated rings. The van der Waals surface area contributed by atoms with Crippen LogP contribution in [0.4, 0.5) is 0 Å². The molecule has 0 amide bonds. The van der Waals surface area contributed by atoms with E-state index >= 15 is 0 Å². The molecule has 1 aromatic carbocycles. The molecule has 3 nitrogen and oxygen atoms in total. The number of rotatable bonds is 4. The number of carbonyl (C=O) groups is 1. The van der Waals surface area contributed by atoms with Crippen LogP contribution < -0.4 is 5.32 Å². The van der Waals surface area contributed by atoms with E-state index in [9.17, 15) is 4.79 Å². The Kier molecular flexibility index (Phi) is 4.48. The summed E-state index contributed by atoms with van der Waals surface area (Å²) in [6, 6.07) is 8.67. The van der Waals surface area contributed by atoms with Gasteiger partial charge in [-0.15, -0.1) is 0 Å². The number of benzene rings is 1. The van der Waals surface area contributed by atoms with Crippen LogP contribution in [0.25, 0.3) is 0 Å². The first kappa shape index (κ1) is 13.8. The number of aryl methyl sites for hydroxylation is 1. The topological polar surface area (TPSA) is 32.3 Å². The zero-order chi connectivity index (χ0) is 13.8. The van der Waals surface area contributed by atoms with Gasteiger partial charge in [-0.1, -0.05) is 24.3 Å². The highest BCUT2D eigenvalue weighted by molar-refractivity contribution is 5.81. The predicted molar refractivity (Wildman–Crippen MR) is 81.1 cm³/mol. The van der Waals surface area contributed by atoms with Crippen LogP contribution in [0.1, 0.15) is 36.3 Å². The Bertz CT molecular complexity index is 466. The second-order valence-electron chi connectivity index (χ2n) is 6.06. The van der Waals surface area contributed by atoms with Gasteiger partial charge in [0.05, 0.1) is 6.54 Å². The molecular formula is C17H24N2O. The maximum absolute atomic E-state index is 12.3. The quantitative estimate of drug-likeness (QED) is 0.909. The molecule has 0 radical (unpaired) electrons. The van der Waals surface area contributed by atoms with E-state index < -0.39 is 0 Å². The van der Waals surface area contributed by atoms with Gasteiger partial charge in [0.15, 0.2) is 0 Å². The molecule has 1 atom stereocenters. The van der Waals surface area contributed by atoms with E-state index in [1.54, 1.807) is 0 Å². The van der Waals surface area contributed by atoms with Crippen molar-refractivity contribution in [3.05, 3.63) is 35.4 Å². The van der Waals surface area contributed by atoms with Crippen LogP contribution in [0.5, 0.6) is 0 Å². The zero-order valence-electron chi connectivity index (χ0n) is 12.1. The van der Waals surface area contributed by atoms with Gasteiger partial charge in [0, 0.05) is 32.6 Å². The summed E-state index contributed by atoms with van der Waals surface area (Å²) in [4.78, 5) is 14.6. The van der Waals surface area contributed by atoms with Gasteiger partial charge in [0.2, 0.25) is 0 Å². The lowest BCUT2D eigenvalue weighted by Gasteiger charge is -2.28. The highest BCUT2D eigenvalue weighted by atomic mass is 16.1. The molecule has 1 unspecified atom stereocenters. The number of nitrogens with one attached hydrogen (secondary N) is 1. The summed E-state index contributed by atoms with van der Waals surface area (Å²) in [5, 5.41) is 3.33. The average Bonchev–Trinajstić information content (AvgIpc) is 2.48. The summed E-state index contributed by atoms with van der Waals surface area (Å²) in [6.45, 7) is 4.68. The molecule has 20 heavy (non-hydrogen) atoms. The van der Waals surface area contributed by atoms with Gasteiger partial charge >= 0.3 is 0 Å². The number of piperazine rings is 1. The summed E-state index contributed by atoms with van der Waals surface area (Å²) in [5.41, 5.74) is 2.88. The Hall–Kier alpha value is -1.19. The van der Waals surface area contributed by atoms with E-state index in [2.05, 4.69) is 34.5 Å². The van der Waals surface area contributed by atoms with Crippen LogP contribution in [0, 0.1) is 0 Å². The number of ketones is 1. The van der Waals surface area contributed by atoms with Gasteiger partial charge in [-0.3, -0.25) is 9.69 Å². The SMILES string of the molecule is O=C(CC1CCCc2ccccc21)CN1CCNCC1. The molecule has 0 aromatic heterocycles. The standard InChI is InChI=1S/C17H24N2O/c20-16(13-19-10-8-18-9-11-19)12-15-6-3-5-14-4-1-2-7-17(14)15/h1-2,4,7,15,18H,3,5-6,8-13H2. The van der Waals surface area contributed by atoms with Crippen molar-refractivity contribution < 1.29 is 4.79 Å². The first-order valence-corrected chi connectivity index (χ1v) is 7.85. The van der Waals surface area contributed by atoms with E-state index in [0.717, 1.165) is 32.6 Å². The van der Waals surface area contributed by atoms with Crippen molar-refractivity contribution in [3.63, 3.8) is 0 Å². The highest BCUT2D eigenvalue weighted by Crippen LogP contribution is 2.33. The third kappa shape index (κ3) is 3.28. The molecule has 0 spiro atoms. The van der Waals surface area contributed by atoms with Gasteiger partial charge in [0.25, 0.3) is 0 Å². The molecule has 1 aromatic rings. The summed E-state index contributed by atoms with van der Waals surface area (Å²) in [5.74, 6) is 0.865. The summed E-state index contributed by atoms with van der Waals surface area (Å²) < 4.78 is 0. The Morgan fingerprint density at radius 2 is 2.05 bits per heavy atom. The second-order valence-corrected chi connectivity index (χ2v) is 6.06. The molecular weight excluding hydrogens is 248 g/mol. The van der Waals surface area contributed by atoms with Crippen molar-refractivity contribution in [2.45, 2.75) is 31.6 Å². The number of hydrogen-bond acceptors (Lipinski definition) is 3. The summed E-state index contributed by atoms with van der Waals surface area (Å²) >= 11 is 0.